The van der Waals surface area contributed by atoms with Crippen LogP contribution in [-0.4, -0.2) is 17.0 Å². The Hall–Kier alpha value is -1.55. The molecule has 0 saturated heterocycles. The van der Waals surface area contributed by atoms with E-state index in [0.29, 0.717) is 12.1 Å². The maximum atomic E-state index is 11.7. The number of hydrogen-bond donors (Lipinski definition) is 2. The maximum absolute atomic E-state index is 11.7. The standard InChI is InChI=1S/C15H20ClNO3/c1-2-3-4-5-6-7-14(18)17-13-9-8-11(15(19)20)10-12(13)16/h8-10H,2-7H2,1H3,(H,17,18)(H,19,20). The second kappa shape index (κ2) is 8.59. The highest BCUT2D eigenvalue weighted by Gasteiger charge is 2.09. The molecule has 0 bridgehead atoms. The molecule has 2 N–H and O–H groups in total. The third kappa shape index (κ3) is 5.61. The molecule has 0 aliphatic heterocycles. The van der Waals surface area contributed by atoms with Crippen LogP contribution in [0.25, 0.3) is 0 Å². The number of carboxylic acid groups (broad SMARTS) is 1. The monoisotopic (exact) mass is 297 g/mol. The Morgan fingerprint density at radius 2 is 1.90 bits per heavy atom. The van der Waals surface area contributed by atoms with Crippen molar-refractivity contribution < 1.29 is 14.7 Å². The molecule has 0 heterocycles. The molecule has 1 amide bonds. The van der Waals surface area contributed by atoms with Gasteiger partial charge in [-0.1, -0.05) is 44.2 Å². The van der Waals surface area contributed by atoms with E-state index in [1.807, 2.05) is 0 Å². The zero-order chi connectivity index (χ0) is 15.0. The number of carbonyl (C=O) groups is 2. The average molecular weight is 298 g/mol. The molecular formula is C15H20ClNO3. The summed E-state index contributed by atoms with van der Waals surface area (Å²) in [7, 11) is 0. The second-order valence-electron chi connectivity index (χ2n) is 4.71. The molecule has 0 radical (unpaired) electrons. The van der Waals surface area contributed by atoms with Crippen LogP contribution in [0.2, 0.25) is 5.02 Å². The molecule has 0 unspecified atom stereocenters. The lowest BCUT2D eigenvalue weighted by Crippen LogP contribution is -2.11. The summed E-state index contributed by atoms with van der Waals surface area (Å²) in [5.74, 6) is -1.13. The van der Waals surface area contributed by atoms with Gasteiger partial charge in [-0.3, -0.25) is 4.79 Å². The molecule has 0 saturated carbocycles. The lowest BCUT2D eigenvalue weighted by Gasteiger charge is -2.08. The minimum Gasteiger partial charge on any atom is -0.478 e. The second-order valence-corrected chi connectivity index (χ2v) is 5.12. The molecule has 0 fully saturated rings. The first-order chi connectivity index (χ1) is 9.54. The first-order valence-corrected chi connectivity index (χ1v) is 7.25. The van der Waals surface area contributed by atoms with Gasteiger partial charge in [0.15, 0.2) is 0 Å². The van der Waals surface area contributed by atoms with Crippen molar-refractivity contribution in [2.45, 2.75) is 45.4 Å². The third-order valence-electron chi connectivity index (χ3n) is 3.00. The van der Waals surface area contributed by atoms with Gasteiger partial charge in [-0.15, -0.1) is 0 Å². The smallest absolute Gasteiger partial charge is 0.335 e. The number of amides is 1. The summed E-state index contributed by atoms with van der Waals surface area (Å²) >= 11 is 5.94. The van der Waals surface area contributed by atoms with Crippen LogP contribution in [0, 0.1) is 0 Å². The molecule has 0 spiro atoms. The van der Waals surface area contributed by atoms with E-state index in [1.165, 1.54) is 31.0 Å². The lowest BCUT2D eigenvalue weighted by atomic mass is 10.1. The van der Waals surface area contributed by atoms with Crippen molar-refractivity contribution in [3.63, 3.8) is 0 Å². The summed E-state index contributed by atoms with van der Waals surface area (Å²) in [6.45, 7) is 2.15. The van der Waals surface area contributed by atoms with Crippen molar-refractivity contribution in [3.05, 3.63) is 28.8 Å². The number of nitrogens with one attached hydrogen (secondary N) is 1. The van der Waals surface area contributed by atoms with Crippen LogP contribution in [0.15, 0.2) is 18.2 Å². The summed E-state index contributed by atoms with van der Waals surface area (Å²) < 4.78 is 0. The number of hydrogen-bond acceptors (Lipinski definition) is 2. The molecule has 1 aromatic rings. The van der Waals surface area contributed by atoms with Crippen molar-refractivity contribution in [1.29, 1.82) is 0 Å². The van der Waals surface area contributed by atoms with E-state index in [-0.39, 0.29) is 16.5 Å². The Morgan fingerprint density at radius 1 is 1.20 bits per heavy atom. The largest absolute Gasteiger partial charge is 0.478 e. The Labute approximate surface area is 124 Å². The van der Waals surface area contributed by atoms with Crippen molar-refractivity contribution in [3.8, 4) is 0 Å². The number of aromatic carboxylic acids is 1. The van der Waals surface area contributed by atoms with Crippen LogP contribution in [0.4, 0.5) is 5.69 Å². The molecule has 110 valence electrons. The van der Waals surface area contributed by atoms with Crippen LogP contribution in [0.3, 0.4) is 0 Å². The summed E-state index contributed by atoms with van der Waals surface area (Å²) in [4.78, 5) is 22.5. The van der Waals surface area contributed by atoms with E-state index in [9.17, 15) is 9.59 Å². The Morgan fingerprint density at radius 3 is 2.50 bits per heavy atom. The normalized spacial score (nSPS) is 10.3. The van der Waals surface area contributed by atoms with Gasteiger partial charge in [0.1, 0.15) is 0 Å². The van der Waals surface area contributed by atoms with Crippen molar-refractivity contribution in [2.75, 3.05) is 5.32 Å². The van der Waals surface area contributed by atoms with Gasteiger partial charge in [0.2, 0.25) is 5.91 Å². The Balaban J connectivity index is 2.44. The zero-order valence-corrected chi connectivity index (χ0v) is 12.4. The molecule has 0 aliphatic rings. The van der Waals surface area contributed by atoms with Gasteiger partial charge in [-0.25, -0.2) is 4.79 Å². The molecule has 0 aromatic heterocycles. The van der Waals surface area contributed by atoms with Crippen LogP contribution in [-0.2, 0) is 4.79 Å². The average Bonchev–Trinajstić information content (AvgIpc) is 2.40. The summed E-state index contributed by atoms with van der Waals surface area (Å²) in [6, 6.07) is 4.27. The summed E-state index contributed by atoms with van der Waals surface area (Å²) in [5, 5.41) is 11.8. The van der Waals surface area contributed by atoms with E-state index in [2.05, 4.69) is 12.2 Å². The maximum Gasteiger partial charge on any atom is 0.335 e. The highest BCUT2D eigenvalue weighted by atomic mass is 35.5. The Kier molecular flexibility index (Phi) is 7.09. The van der Waals surface area contributed by atoms with Gasteiger partial charge in [0, 0.05) is 6.42 Å². The fourth-order valence-electron chi connectivity index (χ4n) is 1.85. The van der Waals surface area contributed by atoms with Crippen molar-refractivity contribution in [1.82, 2.24) is 0 Å². The molecule has 5 heteroatoms. The van der Waals surface area contributed by atoms with Crippen LogP contribution in [0.1, 0.15) is 55.8 Å². The summed E-state index contributed by atoms with van der Waals surface area (Å²) in [6.07, 6.45) is 5.89. The highest BCUT2D eigenvalue weighted by molar-refractivity contribution is 6.34. The first kappa shape index (κ1) is 16.5. The number of unbranched alkanes of at least 4 members (excludes halogenated alkanes) is 4. The van der Waals surface area contributed by atoms with Gasteiger partial charge >= 0.3 is 5.97 Å². The number of carboxylic acids is 1. The van der Waals surface area contributed by atoms with Gasteiger partial charge in [0.25, 0.3) is 0 Å². The minimum atomic E-state index is -1.04. The molecule has 1 aromatic carbocycles. The van der Waals surface area contributed by atoms with Gasteiger partial charge in [-0.2, -0.15) is 0 Å². The zero-order valence-electron chi connectivity index (χ0n) is 11.6. The molecular weight excluding hydrogens is 278 g/mol. The van der Waals surface area contributed by atoms with Crippen molar-refractivity contribution in [2.24, 2.45) is 0 Å². The van der Waals surface area contributed by atoms with Crippen molar-refractivity contribution >= 4 is 29.2 Å². The van der Waals surface area contributed by atoms with E-state index in [4.69, 9.17) is 16.7 Å². The fourth-order valence-corrected chi connectivity index (χ4v) is 2.08. The van der Waals surface area contributed by atoms with Crippen LogP contribution in [0.5, 0.6) is 0 Å². The fraction of sp³-hybridized carbons (Fsp3) is 0.467. The first-order valence-electron chi connectivity index (χ1n) is 6.87. The van der Waals surface area contributed by atoms with E-state index in [1.54, 1.807) is 0 Å². The molecule has 1 rings (SSSR count). The predicted molar refractivity (Wildman–Crippen MR) is 80.4 cm³/mol. The molecule has 20 heavy (non-hydrogen) atoms. The van der Waals surface area contributed by atoms with E-state index >= 15 is 0 Å². The topological polar surface area (TPSA) is 66.4 Å². The minimum absolute atomic E-state index is 0.0912. The van der Waals surface area contributed by atoms with E-state index < -0.39 is 5.97 Å². The number of halogens is 1. The number of carbonyl (C=O) groups excluding carboxylic acids is 1. The number of anilines is 1. The van der Waals surface area contributed by atoms with Crippen LogP contribution >= 0.6 is 11.6 Å². The van der Waals surface area contributed by atoms with Gasteiger partial charge in [-0.05, 0) is 24.6 Å². The molecule has 4 nitrogen and oxygen atoms in total. The lowest BCUT2D eigenvalue weighted by molar-refractivity contribution is -0.116. The number of rotatable bonds is 8. The summed E-state index contributed by atoms with van der Waals surface area (Å²) in [5.41, 5.74) is 0.558. The third-order valence-corrected chi connectivity index (χ3v) is 3.31. The Bertz CT molecular complexity index is 474. The quantitative estimate of drug-likeness (QED) is 0.702. The van der Waals surface area contributed by atoms with Crippen LogP contribution < -0.4 is 5.32 Å². The number of benzene rings is 1. The highest BCUT2D eigenvalue weighted by Crippen LogP contribution is 2.23. The predicted octanol–water partition coefficient (Wildman–Crippen LogP) is 4.34. The molecule has 0 aliphatic carbocycles. The van der Waals surface area contributed by atoms with E-state index in [0.717, 1.165) is 19.3 Å². The van der Waals surface area contributed by atoms with Gasteiger partial charge in [0.05, 0.1) is 16.3 Å². The van der Waals surface area contributed by atoms with Gasteiger partial charge < -0.3 is 10.4 Å². The molecule has 0 atom stereocenters. The SMILES string of the molecule is CCCCCCCC(=O)Nc1ccc(C(=O)O)cc1Cl.